The second-order valence-electron chi connectivity index (χ2n) is 5.95. The predicted molar refractivity (Wildman–Crippen MR) is 97.0 cm³/mol. The molecule has 0 aliphatic carbocycles. The molecule has 2 aromatic heterocycles. The molecular weight excluding hydrogens is 296 g/mol. The van der Waals surface area contributed by atoms with E-state index in [9.17, 15) is 0 Å². The maximum absolute atomic E-state index is 6.16. The maximum atomic E-state index is 6.16. The van der Waals surface area contributed by atoms with Gasteiger partial charge < -0.3 is 4.42 Å². The highest BCUT2D eigenvalue weighted by molar-refractivity contribution is 6.22. The van der Waals surface area contributed by atoms with Gasteiger partial charge >= 0.3 is 0 Å². The van der Waals surface area contributed by atoms with Crippen LogP contribution in [0.5, 0.6) is 0 Å². The van der Waals surface area contributed by atoms with E-state index in [2.05, 4.69) is 41.4 Å². The molecule has 0 N–H and O–H groups in total. The number of aromatic nitrogens is 2. The Bertz CT molecular complexity index is 1150. The van der Waals surface area contributed by atoms with Crippen LogP contribution >= 0.6 is 0 Å². The van der Waals surface area contributed by atoms with Crippen LogP contribution in [0.2, 0.25) is 0 Å². The van der Waals surface area contributed by atoms with Crippen LogP contribution in [0.15, 0.2) is 71.1 Å². The Kier molecular flexibility index (Phi) is 2.71. The largest absolute Gasteiger partial charge is 0.434 e. The maximum Gasteiger partial charge on any atom is 0.246 e. The van der Waals surface area contributed by atoms with Gasteiger partial charge in [-0.25, -0.2) is 9.97 Å². The van der Waals surface area contributed by atoms with Crippen molar-refractivity contribution < 1.29 is 4.42 Å². The molecule has 3 nitrogen and oxygen atoms in total. The third-order valence-electron chi connectivity index (χ3n) is 4.38. The van der Waals surface area contributed by atoms with E-state index < -0.39 is 0 Å². The van der Waals surface area contributed by atoms with Crippen LogP contribution in [0.3, 0.4) is 0 Å². The fourth-order valence-electron chi connectivity index (χ4n) is 3.30. The highest BCUT2D eigenvalue weighted by Crippen LogP contribution is 2.36. The van der Waals surface area contributed by atoms with Crippen molar-refractivity contribution in [3.05, 3.63) is 72.4 Å². The van der Waals surface area contributed by atoms with Gasteiger partial charge in [0.2, 0.25) is 5.89 Å². The molecule has 0 unspecified atom stereocenters. The number of hydrogen-bond donors (Lipinski definition) is 0. The lowest BCUT2D eigenvalue weighted by Gasteiger charge is -2.04. The van der Waals surface area contributed by atoms with Crippen LogP contribution in [0.25, 0.3) is 44.2 Å². The molecule has 0 fully saturated rings. The van der Waals surface area contributed by atoms with Crippen LogP contribution in [0.1, 0.15) is 5.69 Å². The zero-order valence-corrected chi connectivity index (χ0v) is 13.2. The van der Waals surface area contributed by atoms with Gasteiger partial charge in [-0.2, -0.15) is 0 Å². The zero-order chi connectivity index (χ0) is 16.1. The van der Waals surface area contributed by atoms with Crippen LogP contribution in [0, 0.1) is 6.92 Å². The number of fused-ring (bicyclic) bond motifs is 6. The van der Waals surface area contributed by atoms with Gasteiger partial charge in [0.1, 0.15) is 11.2 Å². The standard InChI is InChI=1S/C21H14N2O/c1-13-7-6-12-18(22-13)21-23-19-16-10-4-2-8-14(16)15-9-3-5-11-17(15)20(19)24-21/h2-12H,1H3. The van der Waals surface area contributed by atoms with Crippen LogP contribution < -0.4 is 0 Å². The van der Waals surface area contributed by atoms with Crippen molar-refractivity contribution in [3.63, 3.8) is 0 Å². The van der Waals surface area contributed by atoms with Gasteiger partial charge in [0.15, 0.2) is 5.58 Å². The van der Waals surface area contributed by atoms with Crippen molar-refractivity contribution >= 4 is 32.6 Å². The summed E-state index contributed by atoms with van der Waals surface area (Å²) in [5, 5.41) is 4.56. The summed E-state index contributed by atoms with van der Waals surface area (Å²) in [6.07, 6.45) is 0. The van der Waals surface area contributed by atoms with Gasteiger partial charge in [0.05, 0.1) is 0 Å². The molecule has 0 amide bonds. The van der Waals surface area contributed by atoms with Crippen LogP contribution in [0.4, 0.5) is 0 Å². The quantitative estimate of drug-likeness (QED) is 0.383. The van der Waals surface area contributed by atoms with E-state index in [1.807, 2.05) is 37.3 Å². The Balaban J connectivity index is 1.95. The van der Waals surface area contributed by atoms with Crippen molar-refractivity contribution in [2.75, 3.05) is 0 Å². The lowest BCUT2D eigenvalue weighted by molar-refractivity contribution is 0.619. The second-order valence-corrected chi connectivity index (χ2v) is 5.95. The first kappa shape index (κ1) is 13.3. The fraction of sp³-hybridized carbons (Fsp3) is 0.0476. The third kappa shape index (κ3) is 1.85. The van der Waals surface area contributed by atoms with E-state index in [1.165, 1.54) is 10.8 Å². The van der Waals surface area contributed by atoms with Crippen LogP contribution in [-0.4, -0.2) is 9.97 Å². The predicted octanol–water partition coefficient (Wildman–Crippen LogP) is 5.50. The van der Waals surface area contributed by atoms with Crippen LogP contribution in [-0.2, 0) is 0 Å². The molecule has 2 heterocycles. The Morgan fingerprint density at radius 2 is 1.33 bits per heavy atom. The third-order valence-corrected chi connectivity index (χ3v) is 4.38. The summed E-state index contributed by atoms with van der Waals surface area (Å²) in [5.41, 5.74) is 3.43. The van der Waals surface area contributed by atoms with Crippen molar-refractivity contribution in [1.82, 2.24) is 9.97 Å². The summed E-state index contributed by atoms with van der Waals surface area (Å²) < 4.78 is 6.16. The molecule has 0 bridgehead atoms. The molecule has 24 heavy (non-hydrogen) atoms. The fourth-order valence-corrected chi connectivity index (χ4v) is 3.30. The molecule has 3 aromatic carbocycles. The lowest BCUT2D eigenvalue weighted by Crippen LogP contribution is -1.85. The number of pyridine rings is 1. The summed E-state index contributed by atoms with van der Waals surface area (Å²) in [6.45, 7) is 1.97. The molecule has 0 spiro atoms. The summed E-state index contributed by atoms with van der Waals surface area (Å²) in [4.78, 5) is 9.32. The molecule has 0 atom stereocenters. The average Bonchev–Trinajstić information content (AvgIpc) is 3.08. The van der Waals surface area contributed by atoms with Gasteiger partial charge in [0, 0.05) is 16.5 Å². The normalized spacial score (nSPS) is 11.5. The summed E-state index contributed by atoms with van der Waals surface area (Å²) in [5.74, 6) is 0.565. The Morgan fingerprint density at radius 3 is 2.08 bits per heavy atom. The first-order valence-electron chi connectivity index (χ1n) is 7.95. The Morgan fingerprint density at radius 1 is 0.667 bits per heavy atom. The molecule has 0 aliphatic rings. The number of rotatable bonds is 1. The highest BCUT2D eigenvalue weighted by atomic mass is 16.3. The van der Waals surface area contributed by atoms with Crippen molar-refractivity contribution in [2.24, 2.45) is 0 Å². The van der Waals surface area contributed by atoms with Gasteiger partial charge in [-0.3, -0.25) is 0 Å². The first-order chi connectivity index (χ1) is 11.8. The number of aryl methyl sites for hydroxylation is 1. The van der Waals surface area contributed by atoms with Crippen molar-refractivity contribution in [1.29, 1.82) is 0 Å². The Labute approximate surface area is 138 Å². The summed E-state index contributed by atoms with van der Waals surface area (Å²) in [6, 6.07) is 22.5. The van der Waals surface area contributed by atoms with Gasteiger partial charge in [-0.15, -0.1) is 0 Å². The van der Waals surface area contributed by atoms with E-state index in [0.29, 0.717) is 5.89 Å². The van der Waals surface area contributed by atoms with Gasteiger partial charge in [-0.1, -0.05) is 54.6 Å². The van der Waals surface area contributed by atoms with E-state index in [4.69, 9.17) is 9.40 Å². The van der Waals surface area contributed by atoms with E-state index in [1.54, 1.807) is 0 Å². The SMILES string of the molecule is Cc1cccc(-c2nc3c4ccccc4c4ccccc4c3o2)n1. The molecule has 0 radical (unpaired) electrons. The second kappa shape index (κ2) is 4.90. The van der Waals surface area contributed by atoms with Gasteiger partial charge in [0.25, 0.3) is 0 Å². The molecular formula is C21H14N2O. The molecule has 0 aliphatic heterocycles. The molecule has 5 rings (SSSR count). The molecule has 0 saturated heterocycles. The highest BCUT2D eigenvalue weighted by Gasteiger charge is 2.16. The van der Waals surface area contributed by atoms with Crippen molar-refractivity contribution in [2.45, 2.75) is 6.92 Å². The Hall–Kier alpha value is -3.20. The number of hydrogen-bond acceptors (Lipinski definition) is 3. The smallest absolute Gasteiger partial charge is 0.246 e. The minimum Gasteiger partial charge on any atom is -0.434 e. The number of oxazole rings is 1. The summed E-state index contributed by atoms with van der Waals surface area (Å²) >= 11 is 0. The molecule has 5 aromatic rings. The van der Waals surface area contributed by atoms with Crippen molar-refractivity contribution in [3.8, 4) is 11.6 Å². The first-order valence-corrected chi connectivity index (χ1v) is 7.95. The zero-order valence-electron chi connectivity index (χ0n) is 13.2. The van der Waals surface area contributed by atoms with E-state index in [0.717, 1.165) is 33.3 Å². The number of benzene rings is 3. The average molecular weight is 310 g/mol. The monoisotopic (exact) mass is 310 g/mol. The lowest BCUT2D eigenvalue weighted by atomic mass is 10.0. The topological polar surface area (TPSA) is 38.9 Å². The number of nitrogens with zero attached hydrogens (tertiary/aromatic N) is 2. The minimum absolute atomic E-state index is 0.565. The summed E-state index contributed by atoms with van der Waals surface area (Å²) in [7, 11) is 0. The van der Waals surface area contributed by atoms with Gasteiger partial charge in [-0.05, 0) is 29.8 Å². The van der Waals surface area contributed by atoms with E-state index in [-0.39, 0.29) is 0 Å². The minimum atomic E-state index is 0.565. The molecule has 3 heteroatoms. The molecule has 0 saturated carbocycles. The van der Waals surface area contributed by atoms with E-state index >= 15 is 0 Å². The molecule has 114 valence electrons.